The van der Waals surface area contributed by atoms with Crippen molar-refractivity contribution in [2.75, 3.05) is 20.2 Å². The first-order valence-electron chi connectivity index (χ1n) is 7.79. The molecule has 6 nitrogen and oxygen atoms in total. The number of nitrogens with zero attached hydrogens (tertiary/aromatic N) is 2. The van der Waals surface area contributed by atoms with Crippen LogP contribution in [0.15, 0.2) is 28.9 Å². The van der Waals surface area contributed by atoms with Crippen LogP contribution in [-0.2, 0) is 4.79 Å². The maximum Gasteiger partial charge on any atom is 0.321 e. The number of ether oxygens (including phenoxy) is 2. The summed E-state index contributed by atoms with van der Waals surface area (Å²) in [7, 11) is 1.62. The van der Waals surface area contributed by atoms with Crippen molar-refractivity contribution < 1.29 is 19.4 Å². The van der Waals surface area contributed by atoms with Crippen LogP contribution in [0.3, 0.4) is 0 Å². The van der Waals surface area contributed by atoms with Gasteiger partial charge in [-0.3, -0.25) is 9.69 Å². The third-order valence-corrected chi connectivity index (χ3v) is 4.95. The van der Waals surface area contributed by atoms with Crippen molar-refractivity contribution in [3.8, 4) is 11.6 Å². The van der Waals surface area contributed by atoms with Gasteiger partial charge >= 0.3 is 5.97 Å². The lowest BCUT2D eigenvalue weighted by Gasteiger charge is -2.18. The highest BCUT2D eigenvalue weighted by molar-refractivity contribution is 9.10. The molecule has 1 aliphatic heterocycles. The number of benzene rings is 1. The van der Waals surface area contributed by atoms with Gasteiger partial charge in [-0.2, -0.15) is 0 Å². The second-order valence-electron chi connectivity index (χ2n) is 5.74. The van der Waals surface area contributed by atoms with E-state index in [2.05, 4.69) is 20.9 Å². The van der Waals surface area contributed by atoms with Gasteiger partial charge in [-0.25, -0.2) is 4.98 Å². The molecule has 2 heterocycles. The summed E-state index contributed by atoms with van der Waals surface area (Å²) in [5, 5.41) is 11.2. The number of carboxylic acids is 1. The average molecular weight is 395 g/mol. The molecule has 0 saturated carbocycles. The second-order valence-corrected chi connectivity index (χ2v) is 6.60. The van der Waals surface area contributed by atoms with Gasteiger partial charge in [0.1, 0.15) is 17.9 Å². The summed E-state index contributed by atoms with van der Waals surface area (Å²) in [6, 6.07) is 5.23. The van der Waals surface area contributed by atoms with Crippen LogP contribution >= 0.6 is 15.9 Å². The van der Waals surface area contributed by atoms with Crippen molar-refractivity contribution in [3.63, 3.8) is 0 Å². The number of methoxy groups -OCH3 is 1. The summed E-state index contributed by atoms with van der Waals surface area (Å²) < 4.78 is 12.2. The Morgan fingerprint density at radius 2 is 2.29 bits per heavy atom. The van der Waals surface area contributed by atoms with Gasteiger partial charge in [-0.05, 0) is 46.1 Å². The Balaban J connectivity index is 1.88. The van der Waals surface area contributed by atoms with Crippen LogP contribution < -0.4 is 9.47 Å². The lowest BCUT2D eigenvalue weighted by atomic mass is 10.1. The number of likely N-dealkylation sites (N-methyl/N-ethyl adjacent to an activating group) is 1. The Morgan fingerprint density at radius 1 is 1.50 bits per heavy atom. The van der Waals surface area contributed by atoms with E-state index in [0.717, 1.165) is 21.0 Å². The predicted molar refractivity (Wildman–Crippen MR) is 93.7 cm³/mol. The number of carboxylic acid groups (broad SMARTS) is 1. The lowest BCUT2D eigenvalue weighted by Crippen LogP contribution is -2.35. The lowest BCUT2D eigenvalue weighted by molar-refractivity contribution is -0.142. The van der Waals surface area contributed by atoms with E-state index >= 15 is 0 Å². The highest BCUT2D eigenvalue weighted by Crippen LogP contribution is 2.34. The maximum atomic E-state index is 11.4. The highest BCUT2D eigenvalue weighted by atomic mass is 79.9. The fourth-order valence-corrected chi connectivity index (χ4v) is 3.61. The standard InChI is InChI=1S/C17H19BrN2O4/c1-3-20-9-11(7-14(20)17(21)22)24-16-12-8-13(18)15(23-2)6-10(12)4-5-19-16/h4-6,8,11,14H,3,7,9H2,1-2H3,(H,21,22)/t11-,14+/m1/s1. The first-order valence-corrected chi connectivity index (χ1v) is 8.58. The first-order chi connectivity index (χ1) is 11.5. The quantitative estimate of drug-likeness (QED) is 0.840. The van der Waals surface area contributed by atoms with Gasteiger partial charge in [0, 0.05) is 24.5 Å². The molecule has 2 atom stereocenters. The number of carbonyl (C=O) groups is 1. The molecule has 0 amide bonds. The zero-order valence-electron chi connectivity index (χ0n) is 13.5. The summed E-state index contributed by atoms with van der Waals surface area (Å²) in [6.07, 6.45) is 1.95. The van der Waals surface area contributed by atoms with Crippen molar-refractivity contribution in [1.29, 1.82) is 0 Å². The van der Waals surface area contributed by atoms with Crippen LogP contribution in [0, 0.1) is 0 Å². The third kappa shape index (κ3) is 3.18. The average Bonchev–Trinajstić information content (AvgIpc) is 2.98. The summed E-state index contributed by atoms with van der Waals surface area (Å²) in [5.41, 5.74) is 0. The Labute approximate surface area is 148 Å². The molecule has 0 spiro atoms. The van der Waals surface area contributed by atoms with Crippen molar-refractivity contribution in [2.24, 2.45) is 0 Å². The Morgan fingerprint density at radius 3 is 2.92 bits per heavy atom. The number of hydrogen-bond donors (Lipinski definition) is 1. The molecular formula is C17H19BrN2O4. The molecule has 1 aliphatic rings. The number of rotatable bonds is 5. The second kappa shape index (κ2) is 6.94. The summed E-state index contributed by atoms with van der Waals surface area (Å²) in [6.45, 7) is 3.23. The van der Waals surface area contributed by atoms with E-state index in [1.807, 2.05) is 30.0 Å². The molecule has 1 aromatic heterocycles. The van der Waals surface area contributed by atoms with Gasteiger partial charge in [0.05, 0.1) is 11.6 Å². The molecule has 2 aromatic rings. The number of aliphatic carboxylic acids is 1. The summed E-state index contributed by atoms with van der Waals surface area (Å²) in [5.74, 6) is 0.452. The van der Waals surface area contributed by atoms with E-state index in [-0.39, 0.29) is 6.10 Å². The van der Waals surface area contributed by atoms with Crippen molar-refractivity contribution in [1.82, 2.24) is 9.88 Å². The molecule has 128 valence electrons. The van der Waals surface area contributed by atoms with E-state index < -0.39 is 12.0 Å². The monoisotopic (exact) mass is 394 g/mol. The number of fused-ring (bicyclic) bond motifs is 1. The molecule has 3 rings (SSSR count). The van der Waals surface area contributed by atoms with E-state index in [0.29, 0.717) is 25.4 Å². The van der Waals surface area contributed by atoms with Gasteiger partial charge in [-0.15, -0.1) is 0 Å². The largest absolute Gasteiger partial charge is 0.496 e. The van der Waals surface area contributed by atoms with Gasteiger partial charge in [0.25, 0.3) is 0 Å². The van der Waals surface area contributed by atoms with Gasteiger partial charge in [0.2, 0.25) is 5.88 Å². The fourth-order valence-electron chi connectivity index (χ4n) is 3.11. The van der Waals surface area contributed by atoms with Crippen LogP contribution in [-0.4, -0.2) is 53.3 Å². The SMILES string of the molecule is CCN1C[C@H](Oc2nccc3cc(OC)c(Br)cc23)C[C@H]1C(=O)O. The number of pyridine rings is 1. The molecule has 1 fully saturated rings. The summed E-state index contributed by atoms with van der Waals surface area (Å²) >= 11 is 3.48. The molecule has 0 radical (unpaired) electrons. The zero-order chi connectivity index (χ0) is 17.3. The van der Waals surface area contributed by atoms with Crippen LogP contribution in [0.5, 0.6) is 11.6 Å². The van der Waals surface area contributed by atoms with Crippen LogP contribution in [0.2, 0.25) is 0 Å². The molecule has 0 unspecified atom stereocenters. The Hall–Kier alpha value is -1.86. The number of hydrogen-bond acceptors (Lipinski definition) is 5. The van der Waals surface area contributed by atoms with Crippen LogP contribution in [0.4, 0.5) is 0 Å². The molecule has 24 heavy (non-hydrogen) atoms. The van der Waals surface area contributed by atoms with Crippen molar-refractivity contribution >= 4 is 32.7 Å². The smallest absolute Gasteiger partial charge is 0.321 e. The first kappa shape index (κ1) is 17.0. The van der Waals surface area contributed by atoms with E-state index in [1.54, 1.807) is 13.3 Å². The molecular weight excluding hydrogens is 376 g/mol. The maximum absolute atomic E-state index is 11.4. The molecule has 7 heteroatoms. The Bertz CT molecular complexity index is 768. The topological polar surface area (TPSA) is 71.9 Å². The normalized spacial score (nSPS) is 21.1. The van der Waals surface area contributed by atoms with E-state index in [9.17, 15) is 9.90 Å². The van der Waals surface area contributed by atoms with Gasteiger partial charge < -0.3 is 14.6 Å². The minimum Gasteiger partial charge on any atom is -0.496 e. The molecule has 1 saturated heterocycles. The number of aromatic nitrogens is 1. The molecule has 1 N–H and O–H groups in total. The summed E-state index contributed by atoms with van der Waals surface area (Å²) in [4.78, 5) is 17.6. The number of likely N-dealkylation sites (tertiary alicyclic amines) is 1. The fraction of sp³-hybridized carbons (Fsp3) is 0.412. The molecule has 0 aliphatic carbocycles. The highest BCUT2D eigenvalue weighted by Gasteiger charge is 2.37. The van der Waals surface area contributed by atoms with Crippen LogP contribution in [0.1, 0.15) is 13.3 Å². The zero-order valence-corrected chi connectivity index (χ0v) is 15.1. The van der Waals surface area contributed by atoms with E-state index in [4.69, 9.17) is 9.47 Å². The third-order valence-electron chi connectivity index (χ3n) is 4.33. The molecule has 0 bridgehead atoms. The van der Waals surface area contributed by atoms with Crippen molar-refractivity contribution in [2.45, 2.75) is 25.5 Å². The predicted octanol–water partition coefficient (Wildman–Crippen LogP) is 2.93. The van der Waals surface area contributed by atoms with Gasteiger partial charge in [-0.1, -0.05) is 6.92 Å². The molecule has 1 aromatic carbocycles. The van der Waals surface area contributed by atoms with Crippen molar-refractivity contribution in [3.05, 3.63) is 28.9 Å². The van der Waals surface area contributed by atoms with Gasteiger partial charge in [0.15, 0.2) is 0 Å². The van der Waals surface area contributed by atoms with E-state index in [1.165, 1.54) is 0 Å². The number of halogens is 1. The van der Waals surface area contributed by atoms with Crippen LogP contribution in [0.25, 0.3) is 10.8 Å². The Kier molecular flexibility index (Phi) is 4.91. The minimum atomic E-state index is -0.804. The minimum absolute atomic E-state index is 0.190.